The smallest absolute Gasteiger partial charge is 0.343 e. The minimum Gasteiger partial charge on any atom is -0.458 e. The number of aryl methyl sites for hydroxylation is 1. The molecule has 15 nitrogen and oxygen atoms in total. The van der Waals surface area contributed by atoms with Crippen molar-refractivity contribution in [3.8, 4) is 11.4 Å². The number of esters is 1. The number of thioether (sulfide) groups is 1. The molecule has 5 heterocycles. The van der Waals surface area contributed by atoms with Gasteiger partial charge in [0.25, 0.3) is 5.56 Å². The summed E-state index contributed by atoms with van der Waals surface area (Å²) in [7, 11) is 1.64. The summed E-state index contributed by atoms with van der Waals surface area (Å²) >= 11 is 1.44. The Morgan fingerprint density at radius 2 is 1.89 bits per heavy atom. The van der Waals surface area contributed by atoms with Gasteiger partial charge < -0.3 is 39.8 Å². The number of methoxy groups -OCH3 is 1. The van der Waals surface area contributed by atoms with Crippen LogP contribution in [0.15, 0.2) is 41.4 Å². The number of hydrogen-bond donors (Lipinski definition) is 4. The van der Waals surface area contributed by atoms with E-state index in [1.165, 1.54) is 22.7 Å². The molecule has 1 saturated heterocycles. The number of allylic oxidation sites excluding steroid dienone is 1. The number of hydrogen-bond acceptors (Lipinski definition) is 13. The second-order valence-electron chi connectivity index (χ2n) is 16.6. The van der Waals surface area contributed by atoms with Crippen LogP contribution in [0.1, 0.15) is 105 Å². The van der Waals surface area contributed by atoms with Crippen LogP contribution in [-0.4, -0.2) is 108 Å². The van der Waals surface area contributed by atoms with Crippen LogP contribution in [0.4, 0.5) is 4.39 Å². The first-order valence-corrected chi connectivity index (χ1v) is 24.0. The highest BCUT2D eigenvalue weighted by molar-refractivity contribution is 8.00. The van der Waals surface area contributed by atoms with E-state index in [-0.39, 0.29) is 71.1 Å². The van der Waals surface area contributed by atoms with E-state index in [1.807, 2.05) is 18.5 Å². The first-order chi connectivity index (χ1) is 31.4. The van der Waals surface area contributed by atoms with Crippen molar-refractivity contribution in [2.24, 2.45) is 0 Å². The predicted octanol–water partition coefficient (Wildman–Crippen LogP) is 4.99. The predicted molar refractivity (Wildman–Crippen MR) is 248 cm³/mol. The molecule has 3 atom stereocenters. The summed E-state index contributed by atoms with van der Waals surface area (Å²) in [6.07, 6.45) is 15.3. The van der Waals surface area contributed by atoms with Gasteiger partial charge in [0, 0.05) is 62.2 Å². The number of benzene rings is 1. The van der Waals surface area contributed by atoms with Gasteiger partial charge in [-0.1, -0.05) is 38.5 Å². The van der Waals surface area contributed by atoms with Crippen LogP contribution in [0, 0.1) is 12.7 Å². The molecule has 1 aromatic carbocycles. The zero-order valence-electron chi connectivity index (χ0n) is 38.2. The Kier molecular flexibility index (Phi) is 17.5. The number of imide groups is 1. The molecule has 0 saturated carbocycles. The summed E-state index contributed by atoms with van der Waals surface area (Å²) < 4.78 is 32.1. The van der Waals surface area contributed by atoms with E-state index < -0.39 is 11.6 Å². The fraction of sp³-hybridized carbons (Fsp3) is 0.542. The minimum atomic E-state index is -1.94. The number of amides is 3. The highest BCUT2D eigenvalue weighted by atomic mass is 32.2. The molecule has 3 aliphatic heterocycles. The van der Waals surface area contributed by atoms with Gasteiger partial charge >= 0.3 is 5.97 Å². The molecule has 0 radical (unpaired) electrons. The molecule has 1 unspecified atom stereocenters. The normalized spacial score (nSPS) is 19.7. The van der Waals surface area contributed by atoms with Gasteiger partial charge in [0.2, 0.25) is 17.7 Å². The molecule has 17 heteroatoms. The summed E-state index contributed by atoms with van der Waals surface area (Å²) in [5.41, 5.74) is 2.68. The number of ether oxygens (including phenoxy) is 3. The second kappa shape index (κ2) is 23.0. The molecular weight excluding hydrogens is 856 g/mol. The average Bonchev–Trinajstić information content (AvgIpc) is 3.81. The number of aliphatic hydroxyl groups is 1. The van der Waals surface area contributed by atoms with Crippen molar-refractivity contribution in [1.82, 2.24) is 30.4 Å². The monoisotopic (exact) mass is 918 g/mol. The first-order valence-electron chi connectivity index (χ1n) is 22.7. The Morgan fingerprint density at radius 3 is 2.63 bits per heavy atom. The minimum absolute atomic E-state index is 0.0397. The molecule has 65 heavy (non-hydrogen) atoms. The molecule has 4 aliphatic rings. The van der Waals surface area contributed by atoms with Crippen LogP contribution in [0.25, 0.3) is 22.3 Å². The Balaban J connectivity index is 0.000000281. The average molecular weight is 919 g/mol. The number of carbonyl (C=O) groups is 4. The molecule has 0 bridgehead atoms. The van der Waals surface area contributed by atoms with Crippen LogP contribution in [0.3, 0.4) is 0 Å². The van der Waals surface area contributed by atoms with Gasteiger partial charge in [0.15, 0.2) is 5.60 Å². The molecule has 4 N–H and O–H groups in total. The Morgan fingerprint density at radius 1 is 1.08 bits per heavy atom. The third kappa shape index (κ3) is 11.0. The fourth-order valence-electron chi connectivity index (χ4n) is 8.79. The third-order valence-corrected chi connectivity index (χ3v) is 13.4. The number of nitrogens with one attached hydrogen (secondary N) is 3. The van der Waals surface area contributed by atoms with Gasteiger partial charge in [0.05, 0.1) is 60.1 Å². The summed E-state index contributed by atoms with van der Waals surface area (Å²) in [6.45, 7) is 10.1. The van der Waals surface area contributed by atoms with E-state index in [4.69, 9.17) is 19.2 Å². The fourth-order valence-corrected chi connectivity index (χ4v) is 9.43. The van der Waals surface area contributed by atoms with Crippen LogP contribution in [-0.2, 0) is 58.6 Å². The van der Waals surface area contributed by atoms with Gasteiger partial charge in [-0.2, -0.15) is 11.8 Å². The van der Waals surface area contributed by atoms with E-state index in [0.29, 0.717) is 87.4 Å². The number of aromatic nitrogens is 2. The van der Waals surface area contributed by atoms with Crippen molar-refractivity contribution in [2.75, 3.05) is 59.4 Å². The number of likely N-dealkylation sites (tertiary alicyclic amines) is 1. The van der Waals surface area contributed by atoms with Gasteiger partial charge in [-0.05, 0) is 87.2 Å². The van der Waals surface area contributed by atoms with E-state index in [0.717, 1.165) is 54.6 Å². The molecule has 1 fully saturated rings. The number of carbonyl (C=O) groups excluding carboxylic acids is 4. The maximum absolute atomic E-state index is 15.1. The van der Waals surface area contributed by atoms with Crippen LogP contribution in [0.2, 0.25) is 0 Å². The maximum atomic E-state index is 15.1. The van der Waals surface area contributed by atoms with Crippen molar-refractivity contribution >= 4 is 46.4 Å². The number of halogens is 1. The second-order valence-corrected chi connectivity index (χ2v) is 17.6. The van der Waals surface area contributed by atoms with Crippen molar-refractivity contribution in [3.05, 3.63) is 86.1 Å². The van der Waals surface area contributed by atoms with Gasteiger partial charge in [-0.25, -0.2) is 14.2 Å². The highest BCUT2D eigenvalue weighted by Gasteiger charge is 2.46. The summed E-state index contributed by atoms with van der Waals surface area (Å²) in [5, 5.41) is 21.5. The molecule has 3 amide bonds. The highest BCUT2D eigenvalue weighted by Crippen LogP contribution is 2.46. The maximum Gasteiger partial charge on any atom is 0.343 e. The van der Waals surface area contributed by atoms with Crippen LogP contribution < -0.4 is 21.5 Å². The van der Waals surface area contributed by atoms with Crippen molar-refractivity contribution in [3.63, 3.8) is 0 Å². The van der Waals surface area contributed by atoms with Crippen molar-refractivity contribution in [2.45, 2.75) is 109 Å². The SMILES string of the molecule is CCCC=CCNCCCC(=O)N[C@H]1CCc2c(C)c(F)cc3nc4c(c1c23)Cn1c-4cc2c(c1=O)COC(=O)[C@]2(O)CC.COCCOCCNC=CCCN1C(=O)CC(SC)C1=O. The molecule has 7 rings (SSSR count). The van der Waals surface area contributed by atoms with Gasteiger partial charge in [-0.3, -0.25) is 24.1 Å². The van der Waals surface area contributed by atoms with Gasteiger partial charge in [-0.15, -0.1) is 0 Å². The number of rotatable bonds is 21. The summed E-state index contributed by atoms with van der Waals surface area (Å²) in [5.74, 6) is -1.32. The van der Waals surface area contributed by atoms with E-state index in [9.17, 15) is 29.1 Å². The van der Waals surface area contributed by atoms with E-state index in [2.05, 4.69) is 35.0 Å². The van der Waals surface area contributed by atoms with Crippen LogP contribution >= 0.6 is 11.8 Å². The lowest BCUT2D eigenvalue weighted by molar-refractivity contribution is -0.172. The quantitative estimate of drug-likeness (QED) is 0.0379. The summed E-state index contributed by atoms with van der Waals surface area (Å²) in [4.78, 5) is 69.3. The molecule has 352 valence electrons. The zero-order valence-corrected chi connectivity index (χ0v) is 39.0. The zero-order chi connectivity index (χ0) is 46.7. The Bertz CT molecular complexity index is 2370. The Hall–Kier alpha value is -4.94. The number of pyridine rings is 2. The molecule has 0 spiro atoms. The number of unbranched alkanes of at least 4 members (excludes halogenated alkanes) is 1. The number of fused-ring (bicyclic) bond motifs is 5. The third-order valence-electron chi connectivity index (χ3n) is 12.4. The standard InChI is InChI=1S/C34H39FN4O5.C14H24N2O4S/c1-4-6-7-8-13-36-14-9-10-28(40)37-25-12-11-20-19(3)24(35)16-26-29(20)30(25)21-17-39-27(31(21)38-26)15-23-22(32(39)41)18-44-33(42)34(23,43)5-2;1-19-9-10-20-8-6-15-5-3-4-7-16-13(17)11-12(21-2)14(16)18/h7-8,15-16,25,36,43H,4-6,9-14,17-18H2,1-3H3,(H,37,40);3,5,12,15H,4,6-11H2,1-2H3/t25-,34-;/m0./s1. The topological polar surface area (TPSA) is 190 Å². The van der Waals surface area contributed by atoms with Crippen LogP contribution in [0.5, 0.6) is 0 Å². The van der Waals surface area contributed by atoms with E-state index >= 15 is 4.39 Å². The van der Waals surface area contributed by atoms with E-state index in [1.54, 1.807) is 31.6 Å². The summed E-state index contributed by atoms with van der Waals surface area (Å²) in [6, 6.07) is 2.74. The largest absolute Gasteiger partial charge is 0.458 e. The molecular formula is C48H63FN6O9S. The van der Waals surface area contributed by atoms with Gasteiger partial charge in [0.1, 0.15) is 12.4 Å². The first kappa shape index (κ1) is 49.5. The molecule has 1 aliphatic carbocycles. The molecule has 2 aromatic heterocycles. The Labute approximate surface area is 383 Å². The lowest BCUT2D eigenvalue weighted by Crippen LogP contribution is -2.44. The number of nitrogens with zero attached hydrogens (tertiary/aromatic N) is 3. The lowest BCUT2D eigenvalue weighted by Gasteiger charge is -2.31. The van der Waals surface area contributed by atoms with Crippen molar-refractivity contribution in [1.29, 1.82) is 0 Å². The van der Waals surface area contributed by atoms with Crippen molar-refractivity contribution < 1.29 is 42.9 Å². The number of cyclic esters (lactones) is 1. The molecule has 3 aromatic rings. The lowest BCUT2D eigenvalue weighted by atomic mass is 9.81.